The minimum atomic E-state index is -0.962. The van der Waals surface area contributed by atoms with Crippen molar-refractivity contribution >= 4 is 11.6 Å². The van der Waals surface area contributed by atoms with E-state index >= 15 is 0 Å². The Bertz CT molecular complexity index is 536. The second kappa shape index (κ2) is 4.92. The van der Waals surface area contributed by atoms with Gasteiger partial charge >= 0.3 is 5.97 Å². The van der Waals surface area contributed by atoms with E-state index in [1.807, 2.05) is 0 Å². The Morgan fingerprint density at radius 2 is 2.41 bits per heavy atom. The summed E-state index contributed by atoms with van der Waals surface area (Å²) in [6, 6.07) is 3.01. The molecule has 0 amide bonds. The second-order valence-electron chi connectivity index (χ2n) is 3.65. The average molecular weight is 235 g/mol. The van der Waals surface area contributed by atoms with Crippen LogP contribution in [-0.2, 0) is 11.2 Å². The number of hydrogen-bond donors (Lipinski definition) is 1. The zero-order valence-electron chi connectivity index (χ0n) is 9.46. The number of rotatable bonds is 5. The molecule has 0 aromatic carbocycles. The molecule has 0 aliphatic heterocycles. The molecule has 0 atom stereocenters. The van der Waals surface area contributed by atoms with Gasteiger partial charge in [-0.25, -0.2) is 14.3 Å². The number of ether oxygens (including phenoxy) is 1. The fourth-order valence-electron chi connectivity index (χ4n) is 1.54. The summed E-state index contributed by atoms with van der Waals surface area (Å²) < 4.78 is 6.53. The maximum Gasteiger partial charge on any atom is 0.335 e. The number of aryl methyl sites for hydroxylation is 1. The Morgan fingerprint density at radius 3 is 3.12 bits per heavy atom. The van der Waals surface area contributed by atoms with Gasteiger partial charge < -0.3 is 9.84 Å². The molecule has 6 nitrogen and oxygen atoms in total. The summed E-state index contributed by atoms with van der Waals surface area (Å²) in [4.78, 5) is 15.0. The summed E-state index contributed by atoms with van der Waals surface area (Å²) in [5.41, 5.74) is 0.769. The van der Waals surface area contributed by atoms with Gasteiger partial charge in [-0.1, -0.05) is 0 Å². The molecule has 2 heterocycles. The zero-order valence-corrected chi connectivity index (χ0v) is 9.46. The standard InChI is InChI=1S/C11H13N3O3/c1-17-6-2-3-9-12-10-7-8(11(15)16)4-5-14(10)13-9/h4-5,7H,2-3,6H2,1H3,(H,15,16). The molecule has 0 saturated heterocycles. The molecule has 0 aliphatic carbocycles. The normalized spacial score (nSPS) is 10.9. The summed E-state index contributed by atoms with van der Waals surface area (Å²) in [7, 11) is 1.65. The van der Waals surface area contributed by atoms with Crippen molar-refractivity contribution in [3.05, 3.63) is 29.7 Å². The van der Waals surface area contributed by atoms with Gasteiger partial charge in [0.2, 0.25) is 0 Å². The van der Waals surface area contributed by atoms with Crippen LogP contribution in [0.15, 0.2) is 18.3 Å². The highest BCUT2D eigenvalue weighted by Gasteiger charge is 2.07. The number of hydrogen-bond acceptors (Lipinski definition) is 4. The third kappa shape index (κ3) is 2.59. The summed E-state index contributed by atoms with van der Waals surface area (Å²) in [5.74, 6) is -0.263. The van der Waals surface area contributed by atoms with Gasteiger partial charge in [-0.3, -0.25) is 0 Å². The van der Waals surface area contributed by atoms with Crippen molar-refractivity contribution in [1.29, 1.82) is 0 Å². The highest BCUT2D eigenvalue weighted by atomic mass is 16.5. The van der Waals surface area contributed by atoms with E-state index in [9.17, 15) is 4.79 Å². The van der Waals surface area contributed by atoms with Crippen LogP contribution < -0.4 is 0 Å². The lowest BCUT2D eigenvalue weighted by Gasteiger charge is -1.93. The molecule has 2 aromatic heterocycles. The van der Waals surface area contributed by atoms with Crippen molar-refractivity contribution in [1.82, 2.24) is 14.6 Å². The third-order valence-electron chi connectivity index (χ3n) is 2.38. The van der Waals surface area contributed by atoms with Gasteiger partial charge in [0.1, 0.15) is 0 Å². The molecule has 2 aromatic rings. The first-order valence-corrected chi connectivity index (χ1v) is 5.28. The molecule has 0 saturated carbocycles. The lowest BCUT2D eigenvalue weighted by Crippen LogP contribution is -1.98. The molecule has 0 fully saturated rings. The van der Waals surface area contributed by atoms with Gasteiger partial charge in [-0.05, 0) is 18.6 Å². The predicted octanol–water partition coefficient (Wildman–Crippen LogP) is 1.01. The Labute approximate surface area is 97.9 Å². The monoisotopic (exact) mass is 235 g/mol. The first-order chi connectivity index (χ1) is 8.20. The van der Waals surface area contributed by atoms with Crippen LogP contribution in [0.25, 0.3) is 5.65 Å². The summed E-state index contributed by atoms with van der Waals surface area (Å²) in [6.45, 7) is 0.663. The molecular formula is C11H13N3O3. The van der Waals surface area contributed by atoms with E-state index in [1.165, 1.54) is 12.1 Å². The van der Waals surface area contributed by atoms with E-state index in [1.54, 1.807) is 17.8 Å². The van der Waals surface area contributed by atoms with Crippen molar-refractivity contribution in [2.45, 2.75) is 12.8 Å². The van der Waals surface area contributed by atoms with Crippen LogP contribution in [0, 0.1) is 0 Å². The minimum Gasteiger partial charge on any atom is -0.478 e. The first kappa shape index (κ1) is 11.5. The Balaban J connectivity index is 2.21. The topological polar surface area (TPSA) is 76.7 Å². The van der Waals surface area contributed by atoms with Gasteiger partial charge in [-0.15, -0.1) is 0 Å². The Hall–Kier alpha value is -1.95. The number of carboxylic acids is 1. The van der Waals surface area contributed by atoms with Gasteiger partial charge in [0.15, 0.2) is 11.5 Å². The summed E-state index contributed by atoms with van der Waals surface area (Å²) in [6.07, 6.45) is 3.17. The van der Waals surface area contributed by atoms with E-state index in [-0.39, 0.29) is 5.56 Å². The lowest BCUT2D eigenvalue weighted by molar-refractivity contribution is 0.0697. The largest absolute Gasteiger partial charge is 0.478 e. The smallest absolute Gasteiger partial charge is 0.335 e. The van der Waals surface area contributed by atoms with Crippen molar-refractivity contribution in [3.8, 4) is 0 Å². The molecule has 0 aliphatic rings. The van der Waals surface area contributed by atoms with Crippen LogP contribution >= 0.6 is 0 Å². The van der Waals surface area contributed by atoms with Crippen molar-refractivity contribution in [2.75, 3.05) is 13.7 Å². The van der Waals surface area contributed by atoms with E-state index in [4.69, 9.17) is 9.84 Å². The number of aromatic nitrogens is 3. The summed E-state index contributed by atoms with van der Waals surface area (Å²) in [5, 5.41) is 13.1. The highest BCUT2D eigenvalue weighted by molar-refractivity contribution is 5.88. The number of aromatic carboxylic acids is 1. The molecule has 17 heavy (non-hydrogen) atoms. The number of carboxylic acid groups (broad SMARTS) is 1. The van der Waals surface area contributed by atoms with E-state index in [2.05, 4.69) is 10.1 Å². The molecule has 0 spiro atoms. The number of pyridine rings is 1. The Kier molecular flexibility index (Phi) is 3.34. The molecule has 0 radical (unpaired) electrons. The number of fused-ring (bicyclic) bond motifs is 1. The molecule has 6 heteroatoms. The fourth-order valence-corrected chi connectivity index (χ4v) is 1.54. The van der Waals surface area contributed by atoms with Crippen LogP contribution in [0.4, 0.5) is 0 Å². The van der Waals surface area contributed by atoms with Crippen LogP contribution in [0.5, 0.6) is 0 Å². The fraction of sp³-hybridized carbons (Fsp3) is 0.364. The second-order valence-corrected chi connectivity index (χ2v) is 3.65. The molecule has 0 unspecified atom stereocenters. The maximum atomic E-state index is 10.8. The maximum absolute atomic E-state index is 10.8. The quantitative estimate of drug-likeness (QED) is 0.782. The van der Waals surface area contributed by atoms with Crippen LogP contribution in [-0.4, -0.2) is 39.4 Å². The first-order valence-electron chi connectivity index (χ1n) is 5.28. The molecule has 2 rings (SSSR count). The highest BCUT2D eigenvalue weighted by Crippen LogP contribution is 2.07. The van der Waals surface area contributed by atoms with Gasteiger partial charge in [-0.2, -0.15) is 5.10 Å². The lowest BCUT2D eigenvalue weighted by atomic mass is 10.3. The third-order valence-corrected chi connectivity index (χ3v) is 2.38. The Morgan fingerprint density at radius 1 is 1.59 bits per heavy atom. The predicted molar refractivity (Wildman–Crippen MR) is 60.1 cm³/mol. The van der Waals surface area contributed by atoms with Crippen LogP contribution in [0.1, 0.15) is 22.6 Å². The number of carbonyl (C=O) groups is 1. The van der Waals surface area contributed by atoms with E-state index < -0.39 is 5.97 Å². The van der Waals surface area contributed by atoms with Crippen LogP contribution in [0.2, 0.25) is 0 Å². The molecule has 0 bridgehead atoms. The van der Waals surface area contributed by atoms with E-state index in [0.717, 1.165) is 12.8 Å². The minimum absolute atomic E-state index is 0.216. The number of nitrogens with zero attached hydrogens (tertiary/aromatic N) is 3. The van der Waals surface area contributed by atoms with Gasteiger partial charge in [0, 0.05) is 26.3 Å². The van der Waals surface area contributed by atoms with E-state index in [0.29, 0.717) is 18.1 Å². The molecular weight excluding hydrogens is 222 g/mol. The zero-order chi connectivity index (χ0) is 12.3. The molecule has 90 valence electrons. The number of methoxy groups -OCH3 is 1. The van der Waals surface area contributed by atoms with Crippen molar-refractivity contribution in [2.24, 2.45) is 0 Å². The van der Waals surface area contributed by atoms with Gasteiger partial charge in [0.05, 0.1) is 5.56 Å². The van der Waals surface area contributed by atoms with Gasteiger partial charge in [0.25, 0.3) is 0 Å². The molecule has 1 N–H and O–H groups in total. The van der Waals surface area contributed by atoms with Crippen molar-refractivity contribution in [3.63, 3.8) is 0 Å². The van der Waals surface area contributed by atoms with Crippen molar-refractivity contribution < 1.29 is 14.6 Å². The SMILES string of the molecule is COCCCc1nc2cc(C(=O)O)ccn2n1. The van der Waals surface area contributed by atoms with Crippen LogP contribution in [0.3, 0.4) is 0 Å². The summed E-state index contributed by atoms with van der Waals surface area (Å²) >= 11 is 0. The average Bonchev–Trinajstić information content (AvgIpc) is 2.70.